The third kappa shape index (κ3) is 4.53. The van der Waals surface area contributed by atoms with Crippen LogP contribution in [0.4, 0.5) is 5.69 Å². The number of aryl methyl sites for hydroxylation is 1. The van der Waals surface area contributed by atoms with Gasteiger partial charge in [0.1, 0.15) is 0 Å². The van der Waals surface area contributed by atoms with Crippen LogP contribution in [0.3, 0.4) is 0 Å². The number of piperazine rings is 1. The van der Waals surface area contributed by atoms with Crippen molar-refractivity contribution in [1.29, 1.82) is 0 Å². The number of carbonyl (C=O) groups is 1. The molecule has 0 spiro atoms. The summed E-state index contributed by atoms with van der Waals surface area (Å²) >= 11 is 0. The van der Waals surface area contributed by atoms with E-state index < -0.39 is 0 Å². The molecule has 2 heterocycles. The van der Waals surface area contributed by atoms with Crippen molar-refractivity contribution < 1.29 is 4.79 Å². The van der Waals surface area contributed by atoms with E-state index in [-0.39, 0.29) is 5.41 Å². The molecule has 138 valence electrons. The molecule has 2 saturated heterocycles. The number of rotatable bonds is 5. The zero-order chi connectivity index (χ0) is 17.9. The molecular formula is C20H32N4O. The van der Waals surface area contributed by atoms with E-state index in [0.717, 1.165) is 52.2 Å². The summed E-state index contributed by atoms with van der Waals surface area (Å²) in [4.78, 5) is 19.3. The molecule has 0 saturated carbocycles. The highest BCUT2D eigenvalue weighted by molar-refractivity contribution is 5.76. The quantitative estimate of drug-likeness (QED) is 0.883. The molecule has 0 bridgehead atoms. The number of anilines is 1. The minimum absolute atomic E-state index is 0.120. The Morgan fingerprint density at radius 1 is 1.20 bits per heavy atom. The van der Waals surface area contributed by atoms with Crippen LogP contribution in [0.15, 0.2) is 24.3 Å². The maximum absolute atomic E-state index is 12.5. The molecule has 5 nitrogen and oxygen atoms in total. The van der Waals surface area contributed by atoms with E-state index in [1.54, 1.807) is 0 Å². The molecule has 1 aromatic carbocycles. The summed E-state index contributed by atoms with van der Waals surface area (Å²) in [6.45, 7) is 11.7. The van der Waals surface area contributed by atoms with E-state index in [1.807, 2.05) is 4.90 Å². The van der Waals surface area contributed by atoms with Gasteiger partial charge in [0.25, 0.3) is 0 Å². The molecule has 0 radical (unpaired) electrons. The van der Waals surface area contributed by atoms with Crippen molar-refractivity contribution in [3.05, 3.63) is 29.8 Å². The first kappa shape index (κ1) is 18.2. The van der Waals surface area contributed by atoms with Gasteiger partial charge >= 0.3 is 0 Å². The molecule has 5 heteroatoms. The fourth-order valence-electron chi connectivity index (χ4n) is 3.87. The number of hydrogen-bond donors (Lipinski definition) is 1. The lowest BCUT2D eigenvalue weighted by atomic mass is 9.90. The van der Waals surface area contributed by atoms with Gasteiger partial charge in [0, 0.05) is 57.9 Å². The molecule has 1 atom stereocenters. The second kappa shape index (κ2) is 7.75. The minimum Gasteiger partial charge on any atom is -0.369 e. The van der Waals surface area contributed by atoms with E-state index in [0.29, 0.717) is 18.9 Å². The van der Waals surface area contributed by atoms with Crippen LogP contribution in [-0.4, -0.2) is 68.1 Å². The SMILES string of the molecule is Cc1cccc(N2CCN(CCC(=O)N3CCC(C)(CN)C3)CC2)c1. The second-order valence-corrected chi connectivity index (χ2v) is 8.00. The summed E-state index contributed by atoms with van der Waals surface area (Å²) in [6.07, 6.45) is 1.66. The van der Waals surface area contributed by atoms with Gasteiger partial charge in [0.05, 0.1) is 0 Å². The van der Waals surface area contributed by atoms with Crippen molar-refractivity contribution in [2.24, 2.45) is 11.1 Å². The van der Waals surface area contributed by atoms with Crippen LogP contribution in [0.25, 0.3) is 0 Å². The summed E-state index contributed by atoms with van der Waals surface area (Å²) in [5.74, 6) is 0.290. The predicted octanol–water partition coefficient (Wildman–Crippen LogP) is 1.70. The molecule has 1 unspecified atom stereocenters. The predicted molar refractivity (Wildman–Crippen MR) is 103 cm³/mol. The van der Waals surface area contributed by atoms with E-state index in [4.69, 9.17) is 5.73 Å². The number of nitrogens with zero attached hydrogens (tertiary/aromatic N) is 3. The van der Waals surface area contributed by atoms with E-state index >= 15 is 0 Å². The highest BCUT2D eigenvalue weighted by atomic mass is 16.2. The van der Waals surface area contributed by atoms with Crippen molar-refractivity contribution in [3.63, 3.8) is 0 Å². The van der Waals surface area contributed by atoms with Gasteiger partial charge in [-0.2, -0.15) is 0 Å². The lowest BCUT2D eigenvalue weighted by Gasteiger charge is -2.36. The van der Waals surface area contributed by atoms with Gasteiger partial charge < -0.3 is 15.5 Å². The number of benzene rings is 1. The van der Waals surface area contributed by atoms with Crippen molar-refractivity contribution in [2.75, 3.05) is 57.3 Å². The summed E-state index contributed by atoms with van der Waals surface area (Å²) in [5, 5.41) is 0. The molecule has 1 amide bonds. The molecular weight excluding hydrogens is 312 g/mol. The number of nitrogens with two attached hydrogens (primary N) is 1. The normalized spacial score (nSPS) is 24.8. The largest absolute Gasteiger partial charge is 0.369 e. The van der Waals surface area contributed by atoms with Gasteiger partial charge in [-0.15, -0.1) is 0 Å². The van der Waals surface area contributed by atoms with Gasteiger partial charge in [-0.3, -0.25) is 9.69 Å². The number of amides is 1. The summed E-state index contributed by atoms with van der Waals surface area (Å²) in [7, 11) is 0. The van der Waals surface area contributed by atoms with E-state index in [1.165, 1.54) is 11.3 Å². The highest BCUT2D eigenvalue weighted by Gasteiger charge is 2.34. The molecule has 2 aliphatic rings. The van der Waals surface area contributed by atoms with Crippen LogP contribution in [-0.2, 0) is 4.79 Å². The van der Waals surface area contributed by atoms with Crippen molar-refractivity contribution in [3.8, 4) is 0 Å². The molecule has 0 aromatic heterocycles. The Balaban J connectivity index is 1.41. The molecule has 2 N–H and O–H groups in total. The Morgan fingerprint density at radius 2 is 1.96 bits per heavy atom. The molecule has 1 aromatic rings. The number of carbonyl (C=O) groups excluding carboxylic acids is 1. The highest BCUT2D eigenvalue weighted by Crippen LogP contribution is 2.28. The zero-order valence-corrected chi connectivity index (χ0v) is 15.7. The first-order valence-corrected chi connectivity index (χ1v) is 9.51. The maximum Gasteiger partial charge on any atom is 0.223 e. The second-order valence-electron chi connectivity index (χ2n) is 8.00. The Hall–Kier alpha value is -1.59. The minimum atomic E-state index is 0.120. The molecule has 25 heavy (non-hydrogen) atoms. The van der Waals surface area contributed by atoms with Crippen LogP contribution in [0.5, 0.6) is 0 Å². The van der Waals surface area contributed by atoms with Crippen molar-refractivity contribution in [1.82, 2.24) is 9.80 Å². The molecule has 2 aliphatic heterocycles. The lowest BCUT2D eigenvalue weighted by Crippen LogP contribution is -2.47. The van der Waals surface area contributed by atoms with Gasteiger partial charge in [-0.25, -0.2) is 0 Å². The van der Waals surface area contributed by atoms with Crippen LogP contribution in [0.2, 0.25) is 0 Å². The van der Waals surface area contributed by atoms with Crippen molar-refractivity contribution >= 4 is 11.6 Å². The third-order valence-electron chi connectivity index (χ3n) is 5.78. The Labute approximate surface area is 151 Å². The fourth-order valence-corrected chi connectivity index (χ4v) is 3.87. The Morgan fingerprint density at radius 3 is 2.60 bits per heavy atom. The van der Waals surface area contributed by atoms with Crippen LogP contribution in [0.1, 0.15) is 25.3 Å². The number of hydrogen-bond acceptors (Lipinski definition) is 4. The standard InChI is InChI=1S/C20H32N4O/c1-17-4-3-5-18(14-17)23-12-10-22(11-13-23)8-6-19(25)24-9-7-20(2,15-21)16-24/h3-5,14H,6-13,15-16,21H2,1-2H3. The molecule has 3 rings (SSSR count). The Kier molecular flexibility index (Phi) is 5.64. The average molecular weight is 345 g/mol. The van der Waals surface area contributed by atoms with Crippen molar-refractivity contribution in [2.45, 2.75) is 26.7 Å². The Bertz CT molecular complexity index is 597. The van der Waals surface area contributed by atoms with Gasteiger partial charge in [0.2, 0.25) is 5.91 Å². The van der Waals surface area contributed by atoms with Crippen LogP contribution >= 0.6 is 0 Å². The monoisotopic (exact) mass is 344 g/mol. The van der Waals surface area contributed by atoms with Gasteiger partial charge in [-0.05, 0) is 43.0 Å². The first-order chi connectivity index (χ1) is 12.0. The lowest BCUT2D eigenvalue weighted by molar-refractivity contribution is -0.130. The molecule has 0 aliphatic carbocycles. The van der Waals surface area contributed by atoms with Crippen LogP contribution in [0, 0.1) is 12.3 Å². The summed E-state index contributed by atoms with van der Waals surface area (Å²) in [5.41, 5.74) is 8.58. The number of likely N-dealkylation sites (tertiary alicyclic amines) is 1. The molecule has 2 fully saturated rings. The third-order valence-corrected chi connectivity index (χ3v) is 5.78. The van der Waals surface area contributed by atoms with Gasteiger partial charge in [0.15, 0.2) is 0 Å². The topological polar surface area (TPSA) is 52.8 Å². The maximum atomic E-state index is 12.5. The van der Waals surface area contributed by atoms with Gasteiger partial charge in [-0.1, -0.05) is 19.1 Å². The summed E-state index contributed by atoms with van der Waals surface area (Å²) < 4.78 is 0. The zero-order valence-electron chi connectivity index (χ0n) is 15.7. The smallest absolute Gasteiger partial charge is 0.223 e. The average Bonchev–Trinajstić information content (AvgIpc) is 3.03. The first-order valence-electron chi connectivity index (χ1n) is 9.51. The van der Waals surface area contributed by atoms with Crippen LogP contribution < -0.4 is 10.6 Å². The van der Waals surface area contributed by atoms with E-state index in [9.17, 15) is 4.79 Å². The fraction of sp³-hybridized carbons (Fsp3) is 0.650. The summed E-state index contributed by atoms with van der Waals surface area (Å²) in [6, 6.07) is 8.70. The van der Waals surface area contributed by atoms with E-state index in [2.05, 4.69) is 47.9 Å².